The molecule has 0 fully saturated rings. The van der Waals surface area contributed by atoms with Crippen LogP contribution >= 0.6 is 0 Å². The standard InChI is InChI=1S/C20H15NO2/c1-12-17-11-14(21)9-10-18(17)23-20(22)19(12)16-8-4-6-13-5-2-3-7-15(13)16/h2-11H,21H2,1H3. The summed E-state index contributed by atoms with van der Waals surface area (Å²) >= 11 is 0. The van der Waals surface area contributed by atoms with Crippen molar-refractivity contribution >= 4 is 27.4 Å². The number of hydrogen-bond donors (Lipinski definition) is 1. The monoisotopic (exact) mass is 301 g/mol. The topological polar surface area (TPSA) is 56.2 Å². The van der Waals surface area contributed by atoms with Crippen LogP contribution in [0.2, 0.25) is 0 Å². The van der Waals surface area contributed by atoms with Crippen LogP contribution in [0.15, 0.2) is 69.9 Å². The molecule has 2 N–H and O–H groups in total. The van der Waals surface area contributed by atoms with Crippen LogP contribution < -0.4 is 11.4 Å². The molecule has 4 aromatic rings. The van der Waals surface area contributed by atoms with E-state index in [0.717, 1.165) is 27.3 Å². The molecule has 0 radical (unpaired) electrons. The van der Waals surface area contributed by atoms with Crippen LogP contribution in [0, 0.1) is 6.92 Å². The molecule has 1 heterocycles. The maximum Gasteiger partial charge on any atom is 0.344 e. The van der Waals surface area contributed by atoms with Gasteiger partial charge in [0.1, 0.15) is 5.58 Å². The fourth-order valence-electron chi connectivity index (χ4n) is 3.12. The van der Waals surface area contributed by atoms with Gasteiger partial charge in [-0.1, -0.05) is 42.5 Å². The zero-order valence-corrected chi connectivity index (χ0v) is 12.7. The largest absolute Gasteiger partial charge is 0.422 e. The van der Waals surface area contributed by atoms with Crippen LogP contribution in [0.1, 0.15) is 5.56 Å². The van der Waals surface area contributed by atoms with Crippen molar-refractivity contribution < 1.29 is 4.42 Å². The van der Waals surface area contributed by atoms with E-state index in [0.29, 0.717) is 16.8 Å². The van der Waals surface area contributed by atoms with Crippen LogP contribution in [-0.4, -0.2) is 0 Å². The molecule has 0 bridgehead atoms. The van der Waals surface area contributed by atoms with Crippen LogP contribution in [0.4, 0.5) is 5.69 Å². The molecule has 0 amide bonds. The molecule has 3 nitrogen and oxygen atoms in total. The Bertz CT molecular complexity index is 1100. The lowest BCUT2D eigenvalue weighted by molar-refractivity contribution is 0.562. The van der Waals surface area contributed by atoms with Gasteiger partial charge in [0.25, 0.3) is 0 Å². The average molecular weight is 301 g/mol. The van der Waals surface area contributed by atoms with Gasteiger partial charge in [-0.3, -0.25) is 0 Å². The third-order valence-electron chi connectivity index (χ3n) is 4.25. The van der Waals surface area contributed by atoms with E-state index < -0.39 is 0 Å². The molecule has 3 aromatic carbocycles. The molecule has 0 aliphatic rings. The van der Waals surface area contributed by atoms with Crippen LogP contribution in [0.25, 0.3) is 32.9 Å². The second-order valence-corrected chi connectivity index (χ2v) is 5.67. The Morgan fingerprint density at radius 1 is 0.913 bits per heavy atom. The molecule has 0 aliphatic heterocycles. The van der Waals surface area contributed by atoms with Crippen molar-refractivity contribution in [3.63, 3.8) is 0 Å². The van der Waals surface area contributed by atoms with E-state index in [9.17, 15) is 4.79 Å². The first-order valence-electron chi connectivity index (χ1n) is 7.46. The second-order valence-electron chi connectivity index (χ2n) is 5.67. The number of rotatable bonds is 1. The molecule has 0 atom stereocenters. The number of hydrogen-bond acceptors (Lipinski definition) is 3. The molecule has 0 unspecified atom stereocenters. The van der Waals surface area contributed by atoms with E-state index in [1.54, 1.807) is 12.1 Å². The molecule has 112 valence electrons. The predicted octanol–water partition coefficient (Wildman–Crippen LogP) is 4.50. The smallest absolute Gasteiger partial charge is 0.344 e. The van der Waals surface area contributed by atoms with Gasteiger partial charge < -0.3 is 10.2 Å². The highest BCUT2D eigenvalue weighted by Crippen LogP contribution is 2.32. The maximum atomic E-state index is 12.6. The lowest BCUT2D eigenvalue weighted by Crippen LogP contribution is -2.06. The van der Waals surface area contributed by atoms with Crippen molar-refractivity contribution in [1.82, 2.24) is 0 Å². The molecular weight excluding hydrogens is 286 g/mol. The number of anilines is 1. The Hall–Kier alpha value is -3.07. The maximum absolute atomic E-state index is 12.6. The highest BCUT2D eigenvalue weighted by molar-refractivity contribution is 5.99. The van der Waals surface area contributed by atoms with Gasteiger partial charge in [-0.25, -0.2) is 4.79 Å². The van der Waals surface area contributed by atoms with E-state index >= 15 is 0 Å². The molecule has 0 spiro atoms. The number of nitrogens with two attached hydrogens (primary N) is 1. The molecular formula is C20H15NO2. The van der Waals surface area contributed by atoms with Crippen molar-refractivity contribution in [2.75, 3.05) is 5.73 Å². The van der Waals surface area contributed by atoms with Crippen molar-refractivity contribution in [3.8, 4) is 11.1 Å². The summed E-state index contributed by atoms with van der Waals surface area (Å²) in [6.07, 6.45) is 0. The van der Waals surface area contributed by atoms with E-state index in [-0.39, 0.29) is 5.63 Å². The van der Waals surface area contributed by atoms with Gasteiger partial charge in [-0.2, -0.15) is 0 Å². The van der Waals surface area contributed by atoms with E-state index in [4.69, 9.17) is 10.2 Å². The van der Waals surface area contributed by atoms with E-state index in [1.165, 1.54) is 0 Å². The molecule has 0 saturated carbocycles. The Morgan fingerprint density at radius 3 is 2.57 bits per heavy atom. The summed E-state index contributed by atoms with van der Waals surface area (Å²) in [5.74, 6) is 0. The van der Waals surface area contributed by atoms with Gasteiger partial charge in [0.15, 0.2) is 0 Å². The van der Waals surface area contributed by atoms with Crippen LogP contribution in [0.3, 0.4) is 0 Å². The minimum atomic E-state index is -0.323. The highest BCUT2D eigenvalue weighted by atomic mass is 16.4. The van der Waals surface area contributed by atoms with Gasteiger partial charge in [0.2, 0.25) is 0 Å². The Labute approximate surface area is 133 Å². The van der Waals surface area contributed by atoms with Crippen molar-refractivity contribution in [2.45, 2.75) is 6.92 Å². The van der Waals surface area contributed by atoms with E-state index in [1.807, 2.05) is 55.5 Å². The van der Waals surface area contributed by atoms with Gasteiger partial charge in [0, 0.05) is 11.1 Å². The van der Waals surface area contributed by atoms with Gasteiger partial charge in [-0.15, -0.1) is 0 Å². The van der Waals surface area contributed by atoms with Crippen LogP contribution in [0.5, 0.6) is 0 Å². The minimum absolute atomic E-state index is 0.323. The van der Waals surface area contributed by atoms with Gasteiger partial charge in [-0.05, 0) is 47.0 Å². The first-order valence-corrected chi connectivity index (χ1v) is 7.46. The van der Waals surface area contributed by atoms with Gasteiger partial charge in [0.05, 0.1) is 5.56 Å². The summed E-state index contributed by atoms with van der Waals surface area (Å²) < 4.78 is 5.52. The average Bonchev–Trinajstić information content (AvgIpc) is 2.56. The van der Waals surface area contributed by atoms with Crippen molar-refractivity contribution in [2.24, 2.45) is 0 Å². The summed E-state index contributed by atoms with van der Waals surface area (Å²) in [4.78, 5) is 12.6. The third-order valence-corrected chi connectivity index (χ3v) is 4.25. The summed E-state index contributed by atoms with van der Waals surface area (Å²) in [7, 11) is 0. The molecule has 23 heavy (non-hydrogen) atoms. The third kappa shape index (κ3) is 2.09. The number of aryl methyl sites for hydroxylation is 1. The lowest BCUT2D eigenvalue weighted by atomic mass is 9.95. The first kappa shape index (κ1) is 13.6. The fourth-order valence-corrected chi connectivity index (χ4v) is 3.12. The summed E-state index contributed by atoms with van der Waals surface area (Å²) in [5.41, 5.74) is 9.15. The first-order chi connectivity index (χ1) is 11.1. The molecule has 1 aromatic heterocycles. The number of nitrogen functional groups attached to an aromatic ring is 1. The summed E-state index contributed by atoms with van der Waals surface area (Å²) in [6.45, 7) is 1.94. The normalized spacial score (nSPS) is 11.2. The van der Waals surface area contributed by atoms with Crippen LogP contribution in [-0.2, 0) is 0 Å². The fraction of sp³-hybridized carbons (Fsp3) is 0.0500. The molecule has 3 heteroatoms. The Morgan fingerprint density at radius 2 is 1.70 bits per heavy atom. The number of benzene rings is 3. The molecule has 0 saturated heterocycles. The number of fused-ring (bicyclic) bond motifs is 2. The molecule has 4 rings (SSSR count). The zero-order valence-electron chi connectivity index (χ0n) is 12.7. The summed E-state index contributed by atoms with van der Waals surface area (Å²) in [5, 5.41) is 3.00. The Kier molecular flexibility index (Phi) is 2.95. The quantitative estimate of drug-likeness (QED) is 0.416. The second kappa shape index (κ2) is 4.99. The Balaban J connectivity index is 2.14. The van der Waals surface area contributed by atoms with Crippen molar-refractivity contribution in [1.29, 1.82) is 0 Å². The highest BCUT2D eigenvalue weighted by Gasteiger charge is 2.15. The SMILES string of the molecule is Cc1c(-c2cccc3ccccc23)c(=O)oc2ccc(N)cc12. The van der Waals surface area contributed by atoms with Crippen molar-refractivity contribution in [3.05, 3.63) is 76.6 Å². The molecule has 0 aliphatic carbocycles. The zero-order chi connectivity index (χ0) is 16.0. The predicted molar refractivity (Wildman–Crippen MR) is 94.6 cm³/mol. The minimum Gasteiger partial charge on any atom is -0.422 e. The van der Waals surface area contributed by atoms with E-state index in [2.05, 4.69) is 0 Å². The van der Waals surface area contributed by atoms with Gasteiger partial charge >= 0.3 is 5.63 Å². The summed E-state index contributed by atoms with van der Waals surface area (Å²) in [6, 6.07) is 19.3. The lowest BCUT2D eigenvalue weighted by Gasteiger charge is -2.11.